The van der Waals surface area contributed by atoms with E-state index in [1.165, 1.54) is 26.7 Å². The van der Waals surface area contributed by atoms with Crippen molar-refractivity contribution in [3.63, 3.8) is 0 Å². The van der Waals surface area contributed by atoms with Crippen LogP contribution in [0.4, 0.5) is 0 Å². The molecule has 0 radical (unpaired) electrons. The van der Waals surface area contributed by atoms with Crippen molar-refractivity contribution in [2.24, 2.45) is 0 Å². The van der Waals surface area contributed by atoms with Gasteiger partial charge in [0.05, 0.1) is 0 Å². The maximum atomic E-state index is 3.76. The van der Waals surface area contributed by atoms with E-state index >= 15 is 0 Å². The van der Waals surface area contributed by atoms with Gasteiger partial charge < -0.3 is 0 Å². The van der Waals surface area contributed by atoms with Crippen LogP contribution in [-0.2, 0) is 11.8 Å². The minimum Gasteiger partial charge on any atom is -0.0918 e. The zero-order valence-corrected chi connectivity index (χ0v) is 17.1. The van der Waals surface area contributed by atoms with Crippen molar-refractivity contribution in [2.45, 2.75) is 25.7 Å². The minimum absolute atomic E-state index is 0.0387. The Bertz CT molecular complexity index is 595. The fourth-order valence-corrected chi connectivity index (χ4v) is 5.36. The fourth-order valence-electron chi connectivity index (χ4n) is 2.73. The van der Waals surface area contributed by atoms with Crippen molar-refractivity contribution in [3.05, 3.63) is 69.2 Å². The molecule has 0 aliphatic rings. The molecule has 2 aromatic carbocycles. The van der Waals surface area contributed by atoms with Crippen LogP contribution < -0.4 is 0 Å². The molecule has 0 aromatic heterocycles. The van der Waals surface area contributed by atoms with Gasteiger partial charge >= 0.3 is 0 Å². The molecule has 0 N–H and O–H groups in total. The zero-order valence-electron chi connectivity index (χ0n) is 12.3. The van der Waals surface area contributed by atoms with E-state index in [2.05, 4.69) is 104 Å². The van der Waals surface area contributed by atoms with Gasteiger partial charge in [0.25, 0.3) is 0 Å². The predicted molar refractivity (Wildman–Crippen MR) is 103 cm³/mol. The van der Waals surface area contributed by atoms with E-state index in [1.54, 1.807) is 0 Å². The maximum absolute atomic E-state index is 3.76. The lowest BCUT2D eigenvalue weighted by Gasteiger charge is -2.33. The van der Waals surface area contributed by atoms with E-state index < -0.39 is 0 Å². The lowest BCUT2D eigenvalue weighted by Crippen LogP contribution is -2.34. The summed E-state index contributed by atoms with van der Waals surface area (Å²) in [4.78, 5) is 0. The highest BCUT2D eigenvalue weighted by molar-refractivity contribution is 9.10. The summed E-state index contributed by atoms with van der Waals surface area (Å²) in [7, 11) is 0. The first-order chi connectivity index (χ1) is 10.0. The second-order valence-electron chi connectivity index (χ2n) is 5.57. The Labute approximate surface area is 152 Å². The topological polar surface area (TPSA) is 0 Å². The third kappa shape index (κ3) is 3.62. The lowest BCUT2D eigenvalue weighted by molar-refractivity contribution is 0.545. The molecular weight excluding hydrogens is 456 g/mol. The van der Waals surface area contributed by atoms with Crippen molar-refractivity contribution in [2.75, 3.05) is 10.7 Å². The van der Waals surface area contributed by atoms with Gasteiger partial charge in [-0.25, -0.2) is 0 Å². The van der Waals surface area contributed by atoms with E-state index in [9.17, 15) is 0 Å². The first-order valence-corrected chi connectivity index (χ1v) is 10.00. The molecule has 0 saturated carbocycles. The van der Waals surface area contributed by atoms with Crippen LogP contribution in [0.2, 0.25) is 0 Å². The number of hydrogen-bond donors (Lipinski definition) is 0. The average Bonchev–Trinajstić information content (AvgIpc) is 2.49. The van der Waals surface area contributed by atoms with Crippen LogP contribution >= 0.6 is 47.8 Å². The lowest BCUT2D eigenvalue weighted by atomic mass is 9.77. The monoisotopic (exact) mass is 472 g/mol. The number of benzene rings is 2. The molecule has 0 fully saturated rings. The average molecular weight is 475 g/mol. The van der Waals surface area contributed by atoms with E-state index in [1.807, 2.05) is 0 Å². The second kappa shape index (κ2) is 7.43. The summed E-state index contributed by atoms with van der Waals surface area (Å²) in [6.07, 6.45) is 1.02. The van der Waals surface area contributed by atoms with Crippen LogP contribution in [0.25, 0.3) is 0 Å². The molecule has 0 saturated heterocycles. The quantitative estimate of drug-likeness (QED) is 0.444. The zero-order chi connectivity index (χ0) is 15.5. The summed E-state index contributed by atoms with van der Waals surface area (Å²) in [5.41, 5.74) is 5.58. The smallest absolute Gasteiger partial charge is 0.0213 e. The number of alkyl halides is 2. The summed E-state index contributed by atoms with van der Waals surface area (Å²) in [6.45, 7) is 4.41. The summed E-state index contributed by atoms with van der Waals surface area (Å²) < 4.78 is 1.18. The maximum Gasteiger partial charge on any atom is 0.0213 e. The van der Waals surface area contributed by atoms with Crippen molar-refractivity contribution >= 4 is 47.8 Å². The SMILES string of the molecule is Cc1cccc(C)c1CC(CBr)(CBr)c1ccccc1Br. The normalized spacial score (nSPS) is 11.7. The molecule has 2 aromatic rings. The number of hydrogen-bond acceptors (Lipinski definition) is 0. The largest absolute Gasteiger partial charge is 0.0918 e. The third-order valence-corrected chi connectivity index (χ3v) is 6.95. The van der Waals surface area contributed by atoms with Crippen LogP contribution in [0.5, 0.6) is 0 Å². The Kier molecular flexibility index (Phi) is 6.10. The Hall–Kier alpha value is -0.120. The van der Waals surface area contributed by atoms with Crippen molar-refractivity contribution in [1.82, 2.24) is 0 Å². The molecule has 0 aliphatic carbocycles. The molecule has 112 valence electrons. The Morgan fingerprint density at radius 1 is 0.857 bits per heavy atom. The minimum atomic E-state index is 0.0387. The highest BCUT2D eigenvalue weighted by Crippen LogP contribution is 2.38. The molecule has 2 rings (SSSR count). The summed E-state index contributed by atoms with van der Waals surface area (Å²) >= 11 is 11.2. The van der Waals surface area contributed by atoms with Crippen molar-refractivity contribution in [1.29, 1.82) is 0 Å². The van der Waals surface area contributed by atoms with Crippen LogP contribution in [0.15, 0.2) is 46.9 Å². The first kappa shape index (κ1) is 17.2. The first-order valence-electron chi connectivity index (χ1n) is 6.96. The molecule has 0 spiro atoms. The molecule has 0 heterocycles. The van der Waals surface area contributed by atoms with Crippen molar-refractivity contribution in [3.8, 4) is 0 Å². The van der Waals surface area contributed by atoms with Gasteiger partial charge in [-0.1, -0.05) is 84.2 Å². The molecule has 21 heavy (non-hydrogen) atoms. The van der Waals surface area contributed by atoms with Crippen LogP contribution in [-0.4, -0.2) is 10.7 Å². The molecule has 0 aliphatic heterocycles. The third-order valence-electron chi connectivity index (χ3n) is 4.12. The fraction of sp³-hybridized carbons (Fsp3) is 0.333. The van der Waals surface area contributed by atoms with E-state index in [4.69, 9.17) is 0 Å². The standard InChI is InChI=1S/C18H19Br3/c1-13-6-5-7-14(2)15(13)10-18(11-19,12-20)16-8-3-4-9-17(16)21/h3-9H,10-12H2,1-2H3. The second-order valence-corrected chi connectivity index (χ2v) is 7.55. The highest BCUT2D eigenvalue weighted by atomic mass is 79.9. The van der Waals surface area contributed by atoms with Gasteiger partial charge in [0.1, 0.15) is 0 Å². The molecule has 0 nitrogen and oxygen atoms in total. The van der Waals surface area contributed by atoms with E-state index in [0.29, 0.717) is 0 Å². The van der Waals surface area contributed by atoms with Gasteiger partial charge in [0, 0.05) is 20.5 Å². The number of aryl methyl sites for hydroxylation is 2. The summed E-state index contributed by atoms with van der Waals surface area (Å²) in [6, 6.07) is 15.1. The van der Waals surface area contributed by atoms with Gasteiger partial charge in [0.15, 0.2) is 0 Å². The van der Waals surface area contributed by atoms with Gasteiger partial charge in [0.2, 0.25) is 0 Å². The van der Waals surface area contributed by atoms with Gasteiger partial charge in [-0.15, -0.1) is 0 Å². The molecule has 0 amide bonds. The molecular formula is C18H19Br3. The molecule has 0 bridgehead atoms. The van der Waals surface area contributed by atoms with Crippen LogP contribution in [0.3, 0.4) is 0 Å². The highest BCUT2D eigenvalue weighted by Gasteiger charge is 2.33. The molecule has 3 heteroatoms. The predicted octanol–water partition coefficient (Wildman–Crippen LogP) is 6.34. The summed E-state index contributed by atoms with van der Waals surface area (Å²) in [5, 5.41) is 1.84. The Morgan fingerprint density at radius 2 is 1.43 bits per heavy atom. The van der Waals surface area contributed by atoms with E-state index in [-0.39, 0.29) is 5.41 Å². The van der Waals surface area contributed by atoms with Gasteiger partial charge in [-0.2, -0.15) is 0 Å². The Morgan fingerprint density at radius 3 is 1.95 bits per heavy atom. The van der Waals surface area contributed by atoms with Gasteiger partial charge in [-0.3, -0.25) is 0 Å². The summed E-state index contributed by atoms with van der Waals surface area (Å²) in [5.74, 6) is 0. The van der Waals surface area contributed by atoms with E-state index in [0.717, 1.165) is 17.1 Å². The molecule has 0 unspecified atom stereocenters. The van der Waals surface area contributed by atoms with Gasteiger partial charge in [-0.05, 0) is 48.6 Å². The Balaban J connectivity index is 2.51. The van der Waals surface area contributed by atoms with Crippen LogP contribution in [0, 0.1) is 13.8 Å². The molecule has 0 atom stereocenters. The number of halogens is 3. The number of rotatable bonds is 5. The van der Waals surface area contributed by atoms with Crippen LogP contribution in [0.1, 0.15) is 22.3 Å². The van der Waals surface area contributed by atoms with Crippen molar-refractivity contribution < 1.29 is 0 Å².